The molecule has 3 rings (SSSR count). The summed E-state index contributed by atoms with van der Waals surface area (Å²) < 4.78 is 2.30. The van der Waals surface area contributed by atoms with E-state index >= 15 is 0 Å². The maximum absolute atomic E-state index is 10.9. The van der Waals surface area contributed by atoms with E-state index in [1.807, 2.05) is 12.1 Å². The third-order valence-electron chi connectivity index (χ3n) is 4.35. The number of imidazole rings is 1. The monoisotopic (exact) mass is 304 g/mol. The van der Waals surface area contributed by atoms with Gasteiger partial charge in [0.05, 0.1) is 16.8 Å². The minimum atomic E-state index is -0.796. The molecule has 1 saturated carbocycles. The van der Waals surface area contributed by atoms with Crippen LogP contribution in [-0.4, -0.2) is 26.4 Å². The number of rotatable bonds is 4. The van der Waals surface area contributed by atoms with Gasteiger partial charge in [0, 0.05) is 6.04 Å². The zero-order valence-corrected chi connectivity index (χ0v) is 13.2. The van der Waals surface area contributed by atoms with E-state index in [1.165, 1.54) is 35.7 Å². The number of benzene rings is 1. The molecule has 1 fully saturated rings. The lowest BCUT2D eigenvalue weighted by molar-refractivity contribution is -0.133. The summed E-state index contributed by atoms with van der Waals surface area (Å²) >= 11 is 1.33. The fraction of sp³-hybridized carbons (Fsp3) is 0.500. The lowest BCUT2D eigenvalue weighted by atomic mass is 10.1. The van der Waals surface area contributed by atoms with Crippen molar-refractivity contribution in [1.29, 1.82) is 0 Å². The molecule has 1 heterocycles. The van der Waals surface area contributed by atoms with Gasteiger partial charge in [-0.3, -0.25) is 4.79 Å². The summed E-state index contributed by atoms with van der Waals surface area (Å²) in [6, 6.07) is 6.57. The Morgan fingerprint density at radius 2 is 2.29 bits per heavy atom. The zero-order chi connectivity index (χ0) is 15.0. The first-order valence-corrected chi connectivity index (χ1v) is 8.38. The molecule has 1 aromatic heterocycles. The first-order valence-electron chi connectivity index (χ1n) is 7.40. The normalized spacial score (nSPS) is 22.0. The van der Waals surface area contributed by atoms with Gasteiger partial charge in [-0.2, -0.15) is 0 Å². The van der Waals surface area contributed by atoms with Crippen LogP contribution in [-0.2, 0) is 4.79 Å². The van der Waals surface area contributed by atoms with E-state index in [1.54, 1.807) is 0 Å². The number of para-hydroxylation sites is 1. The van der Waals surface area contributed by atoms with Crippen LogP contribution in [0.4, 0.5) is 0 Å². The SMILES string of the molecule is Cc1cccc2nc(SCC(=O)O)n(C3CCCC3C)c12. The van der Waals surface area contributed by atoms with Gasteiger partial charge in [0.2, 0.25) is 0 Å². The maximum Gasteiger partial charge on any atom is 0.313 e. The third kappa shape index (κ3) is 2.67. The molecule has 0 bridgehead atoms. The molecule has 0 amide bonds. The molecule has 1 aliphatic carbocycles. The van der Waals surface area contributed by atoms with Crippen LogP contribution in [0.5, 0.6) is 0 Å². The van der Waals surface area contributed by atoms with Gasteiger partial charge in [0.25, 0.3) is 0 Å². The number of fused-ring (bicyclic) bond motifs is 1. The Balaban J connectivity index is 2.12. The summed E-state index contributed by atoms with van der Waals surface area (Å²) in [5.41, 5.74) is 3.35. The van der Waals surface area contributed by atoms with Crippen molar-refractivity contribution in [2.24, 2.45) is 5.92 Å². The van der Waals surface area contributed by atoms with Crippen LogP contribution in [0.15, 0.2) is 23.4 Å². The van der Waals surface area contributed by atoms with Crippen molar-refractivity contribution < 1.29 is 9.90 Å². The summed E-state index contributed by atoms with van der Waals surface area (Å²) in [6.45, 7) is 4.39. The molecule has 0 aliphatic heterocycles. The van der Waals surface area contributed by atoms with Gasteiger partial charge in [-0.15, -0.1) is 0 Å². The molecule has 4 nitrogen and oxygen atoms in total. The summed E-state index contributed by atoms with van der Waals surface area (Å²) in [5, 5.41) is 9.80. The van der Waals surface area contributed by atoms with Crippen LogP contribution in [0.3, 0.4) is 0 Å². The topological polar surface area (TPSA) is 55.1 Å². The molecular formula is C16H20N2O2S. The fourth-order valence-corrected chi connectivity index (χ4v) is 4.13. The fourth-order valence-electron chi connectivity index (χ4n) is 3.34. The Bertz CT molecular complexity index is 680. The highest BCUT2D eigenvalue weighted by Gasteiger charge is 2.29. The van der Waals surface area contributed by atoms with Gasteiger partial charge < -0.3 is 9.67 Å². The van der Waals surface area contributed by atoms with Crippen molar-refractivity contribution in [3.8, 4) is 0 Å². The largest absolute Gasteiger partial charge is 0.481 e. The van der Waals surface area contributed by atoms with Gasteiger partial charge in [-0.1, -0.05) is 37.2 Å². The lowest BCUT2D eigenvalue weighted by Gasteiger charge is -2.21. The zero-order valence-electron chi connectivity index (χ0n) is 12.4. The minimum absolute atomic E-state index is 0.0590. The first kappa shape index (κ1) is 14.4. The molecule has 0 spiro atoms. The van der Waals surface area contributed by atoms with Crippen LogP contribution >= 0.6 is 11.8 Å². The summed E-state index contributed by atoms with van der Waals surface area (Å²) in [5.74, 6) is -0.121. The average Bonchev–Trinajstić information content (AvgIpc) is 3.00. The highest BCUT2D eigenvalue weighted by Crippen LogP contribution is 2.40. The molecule has 21 heavy (non-hydrogen) atoms. The van der Waals surface area contributed by atoms with E-state index in [4.69, 9.17) is 5.11 Å². The van der Waals surface area contributed by atoms with E-state index in [9.17, 15) is 4.79 Å². The Morgan fingerprint density at radius 1 is 1.48 bits per heavy atom. The molecule has 1 aromatic carbocycles. The second-order valence-electron chi connectivity index (χ2n) is 5.86. The predicted octanol–water partition coefficient (Wildman–Crippen LogP) is 3.88. The summed E-state index contributed by atoms with van der Waals surface area (Å²) in [4.78, 5) is 15.6. The van der Waals surface area contributed by atoms with E-state index in [2.05, 4.69) is 29.5 Å². The van der Waals surface area contributed by atoms with Crippen LogP contribution in [0.1, 0.15) is 37.8 Å². The Hall–Kier alpha value is -1.49. The van der Waals surface area contributed by atoms with E-state index in [0.29, 0.717) is 12.0 Å². The van der Waals surface area contributed by atoms with Gasteiger partial charge in [-0.05, 0) is 37.3 Å². The molecule has 5 heteroatoms. The van der Waals surface area contributed by atoms with Crippen molar-refractivity contribution in [3.63, 3.8) is 0 Å². The van der Waals surface area contributed by atoms with Crippen molar-refractivity contribution in [1.82, 2.24) is 9.55 Å². The number of carboxylic acids is 1. The van der Waals surface area contributed by atoms with Crippen LogP contribution in [0, 0.1) is 12.8 Å². The molecule has 1 N–H and O–H groups in total. The van der Waals surface area contributed by atoms with E-state index in [-0.39, 0.29) is 5.75 Å². The van der Waals surface area contributed by atoms with Crippen LogP contribution < -0.4 is 0 Å². The molecule has 0 radical (unpaired) electrons. The molecule has 1 aliphatic rings. The number of aliphatic carboxylic acids is 1. The van der Waals surface area contributed by atoms with Crippen molar-refractivity contribution >= 4 is 28.8 Å². The van der Waals surface area contributed by atoms with Gasteiger partial charge in [0.1, 0.15) is 0 Å². The minimum Gasteiger partial charge on any atom is -0.481 e. The summed E-state index contributed by atoms with van der Waals surface area (Å²) in [6.07, 6.45) is 3.63. The number of aryl methyl sites for hydroxylation is 1. The molecule has 2 unspecified atom stereocenters. The molecule has 0 saturated heterocycles. The van der Waals surface area contributed by atoms with Crippen molar-refractivity contribution in [3.05, 3.63) is 23.8 Å². The van der Waals surface area contributed by atoms with E-state index < -0.39 is 5.97 Å². The predicted molar refractivity (Wildman–Crippen MR) is 84.9 cm³/mol. The second-order valence-corrected chi connectivity index (χ2v) is 6.81. The smallest absolute Gasteiger partial charge is 0.313 e. The molecule has 2 aromatic rings. The van der Waals surface area contributed by atoms with Crippen LogP contribution in [0.2, 0.25) is 0 Å². The molecule has 2 atom stereocenters. The Labute approximate surface area is 128 Å². The number of carbonyl (C=O) groups is 1. The average molecular weight is 304 g/mol. The first-order chi connectivity index (χ1) is 10.1. The third-order valence-corrected chi connectivity index (χ3v) is 5.29. The number of aromatic nitrogens is 2. The number of hydrogen-bond acceptors (Lipinski definition) is 3. The van der Waals surface area contributed by atoms with Crippen LogP contribution in [0.25, 0.3) is 11.0 Å². The number of carboxylic acid groups (broad SMARTS) is 1. The van der Waals surface area contributed by atoms with Gasteiger partial charge in [-0.25, -0.2) is 4.98 Å². The van der Waals surface area contributed by atoms with Gasteiger partial charge in [0.15, 0.2) is 5.16 Å². The number of nitrogens with zero attached hydrogens (tertiary/aromatic N) is 2. The standard InChI is InChI=1S/C16H20N2O2S/c1-10-5-4-8-13(10)18-15-11(2)6-3-7-12(15)17-16(18)21-9-14(19)20/h3,6-7,10,13H,4-5,8-9H2,1-2H3,(H,19,20). The van der Waals surface area contributed by atoms with E-state index in [0.717, 1.165) is 17.1 Å². The number of hydrogen-bond donors (Lipinski definition) is 1. The highest BCUT2D eigenvalue weighted by molar-refractivity contribution is 7.99. The number of thioether (sulfide) groups is 1. The molecule has 112 valence electrons. The Morgan fingerprint density at radius 3 is 2.95 bits per heavy atom. The summed E-state index contributed by atoms with van der Waals surface area (Å²) in [7, 11) is 0. The Kier molecular flexibility index (Phi) is 3.93. The van der Waals surface area contributed by atoms with Crippen molar-refractivity contribution in [2.45, 2.75) is 44.3 Å². The van der Waals surface area contributed by atoms with Gasteiger partial charge >= 0.3 is 5.97 Å². The second kappa shape index (κ2) is 5.72. The van der Waals surface area contributed by atoms with Crippen molar-refractivity contribution in [2.75, 3.05) is 5.75 Å². The quantitative estimate of drug-likeness (QED) is 0.871. The molecular weight excluding hydrogens is 284 g/mol. The lowest BCUT2D eigenvalue weighted by Crippen LogP contribution is -2.13. The maximum atomic E-state index is 10.9. The highest BCUT2D eigenvalue weighted by atomic mass is 32.2.